The molecule has 3 aromatic rings. The molecule has 1 aromatic carbocycles. The molecule has 6 nitrogen and oxygen atoms in total. The number of aryl methyl sites for hydroxylation is 2. The quantitative estimate of drug-likeness (QED) is 0.636. The maximum atomic E-state index is 13.2. The maximum absolute atomic E-state index is 13.2. The van der Waals surface area contributed by atoms with E-state index in [0.717, 1.165) is 47.3 Å². The minimum atomic E-state index is -0.305. The van der Waals surface area contributed by atoms with Crippen LogP contribution in [-0.2, 0) is 11.2 Å². The molecule has 156 valence electrons. The number of likely N-dealkylation sites (tertiary alicyclic amines) is 1. The van der Waals surface area contributed by atoms with Gasteiger partial charge in [-0.15, -0.1) is 0 Å². The van der Waals surface area contributed by atoms with E-state index in [1.807, 2.05) is 25.7 Å². The molecule has 1 aliphatic rings. The van der Waals surface area contributed by atoms with Crippen LogP contribution in [0, 0.1) is 26.6 Å². The minimum Gasteiger partial charge on any atom is -0.356 e. The second-order valence-electron chi connectivity index (χ2n) is 7.84. The molecule has 4 rings (SSSR count). The summed E-state index contributed by atoms with van der Waals surface area (Å²) >= 11 is 0. The van der Waals surface area contributed by atoms with Crippen LogP contribution in [0.15, 0.2) is 35.0 Å². The van der Waals surface area contributed by atoms with E-state index < -0.39 is 0 Å². The Hall–Kier alpha value is -3.09. The number of piperidine rings is 1. The molecule has 2 aromatic heterocycles. The van der Waals surface area contributed by atoms with Gasteiger partial charge in [0.2, 0.25) is 5.91 Å². The van der Waals surface area contributed by atoms with Crippen molar-refractivity contribution in [2.45, 2.75) is 52.5 Å². The van der Waals surface area contributed by atoms with Crippen molar-refractivity contribution in [2.24, 2.45) is 0 Å². The van der Waals surface area contributed by atoms with Gasteiger partial charge in [-0.2, -0.15) is 0 Å². The van der Waals surface area contributed by atoms with Gasteiger partial charge >= 0.3 is 0 Å². The fourth-order valence-corrected chi connectivity index (χ4v) is 3.98. The highest BCUT2D eigenvalue weighted by molar-refractivity contribution is 5.79. The van der Waals surface area contributed by atoms with Gasteiger partial charge in [0.15, 0.2) is 5.76 Å². The number of hydrogen-bond donors (Lipinski definition) is 0. The van der Waals surface area contributed by atoms with Gasteiger partial charge in [0.1, 0.15) is 11.6 Å². The molecule has 1 fully saturated rings. The van der Waals surface area contributed by atoms with Crippen molar-refractivity contribution in [3.8, 4) is 11.3 Å². The van der Waals surface area contributed by atoms with E-state index in [1.165, 1.54) is 12.1 Å². The third kappa shape index (κ3) is 3.97. The fraction of sp³-hybridized carbons (Fsp3) is 0.391. The standard InChI is InChI=1S/C23H25FN4O2/c1-14-15(2)27-30-23(14)19-13-25-16(3)26-22(19)20-6-4-5-11-28(20)21(29)12-17-7-9-18(24)10-8-17/h7-10,13,20H,4-6,11-12H2,1-3H3. The lowest BCUT2D eigenvalue weighted by molar-refractivity contribution is -0.134. The Bertz CT molecular complexity index is 1060. The number of carbonyl (C=O) groups is 1. The lowest BCUT2D eigenvalue weighted by Crippen LogP contribution is -2.40. The minimum absolute atomic E-state index is 0.0130. The summed E-state index contributed by atoms with van der Waals surface area (Å²) in [7, 11) is 0. The monoisotopic (exact) mass is 408 g/mol. The van der Waals surface area contributed by atoms with Crippen LogP contribution in [0.5, 0.6) is 0 Å². The van der Waals surface area contributed by atoms with Gasteiger partial charge in [0.05, 0.1) is 29.4 Å². The molecule has 0 radical (unpaired) electrons. The molecular formula is C23H25FN4O2. The summed E-state index contributed by atoms with van der Waals surface area (Å²) in [6.07, 6.45) is 4.79. The SMILES string of the molecule is Cc1ncc(-c2onc(C)c2C)c(C2CCCCN2C(=O)Cc2ccc(F)cc2)n1. The van der Waals surface area contributed by atoms with E-state index in [-0.39, 0.29) is 24.2 Å². The van der Waals surface area contributed by atoms with Gasteiger partial charge in [-0.1, -0.05) is 17.3 Å². The summed E-state index contributed by atoms with van der Waals surface area (Å²) in [5.41, 5.74) is 4.15. The normalized spacial score (nSPS) is 16.7. The zero-order valence-electron chi connectivity index (χ0n) is 17.5. The molecule has 0 bridgehead atoms. The number of halogens is 1. The van der Waals surface area contributed by atoms with E-state index in [0.29, 0.717) is 18.1 Å². The Balaban J connectivity index is 1.69. The average molecular weight is 408 g/mol. The fourth-order valence-electron chi connectivity index (χ4n) is 3.98. The number of hydrogen-bond acceptors (Lipinski definition) is 5. The lowest BCUT2D eigenvalue weighted by atomic mass is 9.94. The first-order valence-corrected chi connectivity index (χ1v) is 10.2. The van der Waals surface area contributed by atoms with Crippen molar-refractivity contribution in [3.63, 3.8) is 0 Å². The van der Waals surface area contributed by atoms with Crippen LogP contribution in [0.3, 0.4) is 0 Å². The molecule has 7 heteroatoms. The third-order valence-electron chi connectivity index (χ3n) is 5.75. The van der Waals surface area contributed by atoms with Crippen LogP contribution in [-0.4, -0.2) is 32.5 Å². The van der Waals surface area contributed by atoms with Crippen molar-refractivity contribution < 1.29 is 13.7 Å². The first kappa shape index (κ1) is 20.2. The second kappa shape index (κ2) is 8.34. The largest absolute Gasteiger partial charge is 0.356 e. The van der Waals surface area contributed by atoms with E-state index in [2.05, 4.69) is 10.1 Å². The van der Waals surface area contributed by atoms with E-state index in [4.69, 9.17) is 9.51 Å². The highest BCUT2D eigenvalue weighted by Gasteiger charge is 2.32. The number of rotatable bonds is 4. The van der Waals surface area contributed by atoms with Gasteiger partial charge < -0.3 is 9.42 Å². The summed E-state index contributed by atoms with van der Waals surface area (Å²) in [5, 5.41) is 4.08. The summed E-state index contributed by atoms with van der Waals surface area (Å²) in [4.78, 5) is 24.2. The molecule has 0 saturated carbocycles. The number of aromatic nitrogens is 3. The molecule has 3 heterocycles. The highest BCUT2D eigenvalue weighted by atomic mass is 19.1. The zero-order valence-corrected chi connectivity index (χ0v) is 17.5. The molecule has 0 N–H and O–H groups in total. The topological polar surface area (TPSA) is 72.1 Å². The Labute approximate surface area is 175 Å². The highest BCUT2D eigenvalue weighted by Crippen LogP contribution is 2.37. The van der Waals surface area contributed by atoms with Crippen LogP contribution in [0.25, 0.3) is 11.3 Å². The van der Waals surface area contributed by atoms with Crippen LogP contribution >= 0.6 is 0 Å². The van der Waals surface area contributed by atoms with E-state index >= 15 is 0 Å². The summed E-state index contributed by atoms with van der Waals surface area (Å²) in [5.74, 6) is 1.01. The molecule has 1 amide bonds. The molecule has 1 saturated heterocycles. The van der Waals surface area contributed by atoms with Crippen LogP contribution in [0.4, 0.5) is 4.39 Å². The number of carbonyl (C=O) groups excluding carboxylic acids is 1. The molecule has 1 aliphatic heterocycles. The molecule has 30 heavy (non-hydrogen) atoms. The molecule has 1 atom stereocenters. The van der Waals surface area contributed by atoms with Crippen LogP contribution in [0.1, 0.15) is 53.6 Å². The van der Waals surface area contributed by atoms with Crippen molar-refractivity contribution in [3.05, 3.63) is 64.6 Å². The van der Waals surface area contributed by atoms with E-state index in [1.54, 1.807) is 18.3 Å². The number of amides is 1. The summed E-state index contributed by atoms with van der Waals surface area (Å²) in [6.45, 7) is 6.38. The number of benzene rings is 1. The lowest BCUT2D eigenvalue weighted by Gasteiger charge is -2.36. The molecule has 0 spiro atoms. The van der Waals surface area contributed by atoms with Gasteiger partial charge in [-0.05, 0) is 57.7 Å². The summed E-state index contributed by atoms with van der Waals surface area (Å²) in [6, 6.07) is 5.93. The van der Waals surface area contributed by atoms with Crippen LogP contribution < -0.4 is 0 Å². The zero-order chi connectivity index (χ0) is 21.3. The summed E-state index contributed by atoms with van der Waals surface area (Å²) < 4.78 is 18.8. The van der Waals surface area contributed by atoms with Gasteiger partial charge in [0, 0.05) is 18.3 Å². The molecule has 1 unspecified atom stereocenters. The van der Waals surface area contributed by atoms with Gasteiger partial charge in [-0.25, -0.2) is 14.4 Å². The molecule has 0 aliphatic carbocycles. The maximum Gasteiger partial charge on any atom is 0.227 e. The van der Waals surface area contributed by atoms with Gasteiger partial charge in [0.25, 0.3) is 0 Å². The Morgan fingerprint density at radius 2 is 1.97 bits per heavy atom. The average Bonchev–Trinajstić information content (AvgIpc) is 3.08. The molecular weight excluding hydrogens is 383 g/mol. The Kier molecular flexibility index (Phi) is 5.61. The Morgan fingerprint density at radius 1 is 1.20 bits per heavy atom. The van der Waals surface area contributed by atoms with Crippen molar-refractivity contribution in [2.75, 3.05) is 6.54 Å². The number of nitrogens with zero attached hydrogens (tertiary/aromatic N) is 4. The predicted molar refractivity (Wildman–Crippen MR) is 110 cm³/mol. The smallest absolute Gasteiger partial charge is 0.227 e. The predicted octanol–water partition coefficient (Wildman–Crippen LogP) is 4.49. The third-order valence-corrected chi connectivity index (χ3v) is 5.75. The Morgan fingerprint density at radius 3 is 2.67 bits per heavy atom. The van der Waals surface area contributed by atoms with Crippen molar-refractivity contribution in [1.29, 1.82) is 0 Å². The van der Waals surface area contributed by atoms with E-state index in [9.17, 15) is 9.18 Å². The first-order chi connectivity index (χ1) is 14.4. The van der Waals surface area contributed by atoms with Crippen molar-refractivity contribution >= 4 is 5.91 Å². The van der Waals surface area contributed by atoms with Crippen molar-refractivity contribution in [1.82, 2.24) is 20.0 Å². The second-order valence-corrected chi connectivity index (χ2v) is 7.84. The van der Waals surface area contributed by atoms with Gasteiger partial charge in [-0.3, -0.25) is 4.79 Å². The first-order valence-electron chi connectivity index (χ1n) is 10.2. The van der Waals surface area contributed by atoms with Crippen LogP contribution in [0.2, 0.25) is 0 Å².